The number of anilines is 2. The number of sulfone groups is 1. The minimum Gasteiger partial charge on any atom is -0.398 e. The number of rotatable bonds is 2. The number of aliphatic hydroxyl groups is 1. The van der Waals surface area contributed by atoms with Gasteiger partial charge in [0, 0.05) is 11.4 Å². The Morgan fingerprint density at radius 1 is 1.41 bits per heavy atom. The van der Waals surface area contributed by atoms with E-state index in [-0.39, 0.29) is 11.5 Å². The molecule has 1 heterocycles. The SMILES string of the molecule is Cc1ccc(N[C@@H]2CS(=O)(=O)C[C@H]2O)cc1N. The van der Waals surface area contributed by atoms with Crippen LogP contribution in [0.15, 0.2) is 18.2 Å². The molecule has 5 nitrogen and oxygen atoms in total. The Balaban J connectivity index is 2.14. The van der Waals surface area contributed by atoms with Crippen molar-refractivity contribution in [2.75, 3.05) is 22.6 Å². The first-order valence-electron chi connectivity index (χ1n) is 5.38. The van der Waals surface area contributed by atoms with Gasteiger partial charge in [0.2, 0.25) is 0 Å². The van der Waals surface area contributed by atoms with Crippen LogP contribution in [0.4, 0.5) is 11.4 Å². The van der Waals surface area contributed by atoms with E-state index in [1.807, 2.05) is 19.1 Å². The van der Waals surface area contributed by atoms with Crippen LogP contribution < -0.4 is 11.1 Å². The number of nitrogens with two attached hydrogens (primary N) is 1. The Morgan fingerprint density at radius 2 is 2.12 bits per heavy atom. The van der Waals surface area contributed by atoms with E-state index in [0.717, 1.165) is 11.3 Å². The molecule has 1 fully saturated rings. The predicted octanol–water partition coefficient (Wildman–Crippen LogP) is 0.147. The molecule has 0 amide bonds. The number of hydrogen-bond donors (Lipinski definition) is 3. The molecule has 1 aromatic rings. The lowest BCUT2D eigenvalue weighted by atomic mass is 10.1. The van der Waals surface area contributed by atoms with Crippen molar-refractivity contribution in [3.05, 3.63) is 23.8 Å². The third-order valence-electron chi connectivity index (χ3n) is 2.95. The normalized spacial score (nSPS) is 26.9. The number of hydrogen-bond acceptors (Lipinski definition) is 5. The number of aryl methyl sites for hydroxylation is 1. The molecule has 2 atom stereocenters. The van der Waals surface area contributed by atoms with Crippen molar-refractivity contribution >= 4 is 21.2 Å². The van der Waals surface area contributed by atoms with Gasteiger partial charge in [0.15, 0.2) is 9.84 Å². The zero-order valence-corrected chi connectivity index (χ0v) is 10.4. The Morgan fingerprint density at radius 3 is 2.65 bits per heavy atom. The van der Waals surface area contributed by atoms with Crippen LogP contribution in [0.2, 0.25) is 0 Å². The Kier molecular flexibility index (Phi) is 3.01. The summed E-state index contributed by atoms with van der Waals surface area (Å²) >= 11 is 0. The summed E-state index contributed by atoms with van der Waals surface area (Å²) in [4.78, 5) is 0. The van der Waals surface area contributed by atoms with Crippen LogP contribution in [0.5, 0.6) is 0 Å². The van der Waals surface area contributed by atoms with Crippen molar-refractivity contribution in [2.24, 2.45) is 0 Å². The zero-order valence-electron chi connectivity index (χ0n) is 9.55. The number of nitrogen functional groups attached to an aromatic ring is 1. The number of benzene rings is 1. The summed E-state index contributed by atoms with van der Waals surface area (Å²) in [5.74, 6) is -0.214. The summed E-state index contributed by atoms with van der Waals surface area (Å²) in [5, 5.41) is 12.6. The summed E-state index contributed by atoms with van der Waals surface area (Å²) in [6, 6.07) is 4.96. The molecule has 2 rings (SSSR count). The lowest BCUT2D eigenvalue weighted by molar-refractivity contribution is 0.190. The van der Waals surface area contributed by atoms with E-state index in [9.17, 15) is 13.5 Å². The summed E-state index contributed by atoms with van der Waals surface area (Å²) in [7, 11) is -3.13. The fraction of sp³-hybridized carbons (Fsp3) is 0.455. The molecule has 94 valence electrons. The van der Waals surface area contributed by atoms with Gasteiger partial charge in [0.25, 0.3) is 0 Å². The van der Waals surface area contributed by atoms with Crippen molar-refractivity contribution in [1.82, 2.24) is 0 Å². The van der Waals surface area contributed by atoms with Gasteiger partial charge < -0.3 is 16.2 Å². The molecular formula is C11H16N2O3S. The molecule has 0 aliphatic carbocycles. The van der Waals surface area contributed by atoms with Crippen LogP contribution in [-0.4, -0.2) is 37.2 Å². The molecule has 6 heteroatoms. The zero-order chi connectivity index (χ0) is 12.6. The average molecular weight is 256 g/mol. The predicted molar refractivity (Wildman–Crippen MR) is 67.7 cm³/mol. The van der Waals surface area contributed by atoms with Crippen molar-refractivity contribution in [3.63, 3.8) is 0 Å². The van der Waals surface area contributed by atoms with Gasteiger partial charge in [-0.05, 0) is 24.6 Å². The first kappa shape index (κ1) is 12.2. The molecule has 17 heavy (non-hydrogen) atoms. The highest BCUT2D eigenvalue weighted by molar-refractivity contribution is 7.91. The first-order valence-corrected chi connectivity index (χ1v) is 7.21. The number of aliphatic hydroxyl groups excluding tert-OH is 1. The molecule has 0 radical (unpaired) electrons. The summed E-state index contributed by atoms with van der Waals surface area (Å²) < 4.78 is 22.7. The van der Waals surface area contributed by atoms with Crippen LogP contribution in [0.25, 0.3) is 0 Å². The molecule has 4 N–H and O–H groups in total. The van der Waals surface area contributed by atoms with Gasteiger partial charge in [-0.1, -0.05) is 6.07 Å². The van der Waals surface area contributed by atoms with Crippen LogP contribution in [0.1, 0.15) is 5.56 Å². The molecule has 0 saturated carbocycles. The van der Waals surface area contributed by atoms with Crippen molar-refractivity contribution in [2.45, 2.75) is 19.1 Å². The first-order chi connectivity index (χ1) is 7.87. The molecule has 0 spiro atoms. The lowest BCUT2D eigenvalue weighted by Crippen LogP contribution is -2.31. The molecule has 1 aliphatic rings. The van der Waals surface area contributed by atoms with Crippen molar-refractivity contribution in [1.29, 1.82) is 0 Å². The second-order valence-electron chi connectivity index (χ2n) is 4.47. The van der Waals surface area contributed by atoms with Gasteiger partial charge in [0.1, 0.15) is 0 Å². The standard InChI is InChI=1S/C11H16N2O3S/c1-7-2-3-8(4-9(7)12)13-10-5-17(15,16)6-11(10)14/h2-4,10-11,13-14H,5-6,12H2,1H3/t10-,11-/m1/s1. The third-order valence-corrected chi connectivity index (χ3v) is 4.67. The van der Waals surface area contributed by atoms with E-state index in [4.69, 9.17) is 5.73 Å². The van der Waals surface area contributed by atoms with E-state index in [1.54, 1.807) is 6.07 Å². The topological polar surface area (TPSA) is 92.4 Å². The summed E-state index contributed by atoms with van der Waals surface area (Å²) in [6.45, 7) is 1.90. The summed E-state index contributed by atoms with van der Waals surface area (Å²) in [6.07, 6.45) is -0.859. The molecule has 1 aromatic carbocycles. The van der Waals surface area contributed by atoms with Gasteiger partial charge in [-0.2, -0.15) is 0 Å². The van der Waals surface area contributed by atoms with Gasteiger partial charge in [-0.3, -0.25) is 0 Å². The monoisotopic (exact) mass is 256 g/mol. The van der Waals surface area contributed by atoms with Crippen molar-refractivity contribution < 1.29 is 13.5 Å². The van der Waals surface area contributed by atoms with Crippen LogP contribution in [0.3, 0.4) is 0 Å². The van der Waals surface area contributed by atoms with Gasteiger partial charge in [-0.25, -0.2) is 8.42 Å². The van der Waals surface area contributed by atoms with Crippen LogP contribution >= 0.6 is 0 Å². The molecule has 0 bridgehead atoms. The fourth-order valence-electron chi connectivity index (χ4n) is 1.91. The quantitative estimate of drug-likeness (QED) is 0.655. The molecule has 0 aromatic heterocycles. The molecule has 1 aliphatic heterocycles. The second-order valence-corrected chi connectivity index (χ2v) is 6.62. The maximum absolute atomic E-state index is 11.3. The highest BCUT2D eigenvalue weighted by atomic mass is 32.2. The van der Waals surface area contributed by atoms with E-state index in [1.165, 1.54) is 0 Å². The van der Waals surface area contributed by atoms with Crippen molar-refractivity contribution in [3.8, 4) is 0 Å². The van der Waals surface area contributed by atoms with Gasteiger partial charge >= 0.3 is 0 Å². The Bertz CT molecular complexity index is 528. The van der Waals surface area contributed by atoms with E-state index < -0.39 is 22.0 Å². The average Bonchev–Trinajstić information content (AvgIpc) is 2.46. The molecule has 1 saturated heterocycles. The maximum Gasteiger partial charge on any atom is 0.155 e. The molecule has 0 unspecified atom stereocenters. The largest absolute Gasteiger partial charge is 0.398 e. The Labute approximate surface area is 101 Å². The highest BCUT2D eigenvalue weighted by Crippen LogP contribution is 2.21. The fourth-order valence-corrected chi connectivity index (χ4v) is 3.65. The minimum absolute atomic E-state index is 0.0397. The van der Waals surface area contributed by atoms with Crippen LogP contribution in [-0.2, 0) is 9.84 Å². The summed E-state index contributed by atoms with van der Waals surface area (Å²) in [5.41, 5.74) is 8.10. The van der Waals surface area contributed by atoms with E-state index >= 15 is 0 Å². The number of nitrogens with one attached hydrogen (secondary N) is 1. The highest BCUT2D eigenvalue weighted by Gasteiger charge is 2.36. The minimum atomic E-state index is -3.13. The second kappa shape index (κ2) is 4.19. The van der Waals surface area contributed by atoms with Crippen LogP contribution in [0, 0.1) is 6.92 Å². The smallest absolute Gasteiger partial charge is 0.155 e. The van der Waals surface area contributed by atoms with Gasteiger partial charge in [0.05, 0.1) is 23.7 Å². The lowest BCUT2D eigenvalue weighted by Gasteiger charge is -2.17. The Hall–Kier alpha value is -1.27. The van der Waals surface area contributed by atoms with E-state index in [0.29, 0.717) is 5.69 Å². The van der Waals surface area contributed by atoms with E-state index in [2.05, 4.69) is 5.32 Å². The molecular weight excluding hydrogens is 240 g/mol. The maximum atomic E-state index is 11.3. The third kappa shape index (κ3) is 2.70. The van der Waals surface area contributed by atoms with Gasteiger partial charge in [-0.15, -0.1) is 0 Å².